The van der Waals surface area contributed by atoms with Gasteiger partial charge < -0.3 is 11.5 Å². The Hall–Kier alpha value is -1.35. The fourth-order valence-electron chi connectivity index (χ4n) is 0.852. The molecule has 1 aromatic rings. The molecule has 58 valence electrons. The maximum Gasteiger partial charge on any atom is 0.248 e. The Bertz CT molecular complexity index is 271. The van der Waals surface area contributed by atoms with Crippen LogP contribution in [0.15, 0.2) is 24.3 Å². The van der Waals surface area contributed by atoms with Crippen LogP contribution in [-0.4, -0.2) is 5.91 Å². The molecule has 3 nitrogen and oxygen atoms in total. The average molecular weight is 150 g/mol. The van der Waals surface area contributed by atoms with Crippen LogP contribution in [0.25, 0.3) is 0 Å². The topological polar surface area (TPSA) is 69.1 Å². The summed E-state index contributed by atoms with van der Waals surface area (Å²) in [5, 5.41) is 0. The summed E-state index contributed by atoms with van der Waals surface area (Å²) < 4.78 is 0. The Morgan fingerprint density at radius 1 is 1.45 bits per heavy atom. The molecular weight excluding hydrogens is 140 g/mol. The second kappa shape index (κ2) is 3.16. The summed E-state index contributed by atoms with van der Waals surface area (Å²) in [5.74, 6) is -0.416. The van der Waals surface area contributed by atoms with Crippen molar-refractivity contribution in [2.75, 3.05) is 0 Å². The molecule has 1 aromatic carbocycles. The molecule has 0 aliphatic carbocycles. The van der Waals surface area contributed by atoms with E-state index in [1.54, 1.807) is 18.2 Å². The number of benzene rings is 1. The Kier molecular flexibility index (Phi) is 2.23. The number of amides is 1. The van der Waals surface area contributed by atoms with Gasteiger partial charge >= 0.3 is 0 Å². The van der Waals surface area contributed by atoms with Crippen molar-refractivity contribution in [2.45, 2.75) is 6.54 Å². The van der Waals surface area contributed by atoms with Crippen LogP contribution in [0.4, 0.5) is 0 Å². The molecule has 0 aromatic heterocycles. The van der Waals surface area contributed by atoms with E-state index in [0.717, 1.165) is 5.56 Å². The van der Waals surface area contributed by atoms with Gasteiger partial charge in [0.15, 0.2) is 0 Å². The number of carbonyl (C=O) groups excluding carboxylic acids is 1. The van der Waals surface area contributed by atoms with Crippen LogP contribution < -0.4 is 11.5 Å². The molecule has 0 aliphatic heterocycles. The summed E-state index contributed by atoms with van der Waals surface area (Å²) in [6.45, 7) is 0.432. The SMILES string of the molecule is NCc1cccc(C(N)=O)c1. The van der Waals surface area contributed by atoms with Gasteiger partial charge in [-0.25, -0.2) is 0 Å². The van der Waals surface area contributed by atoms with E-state index in [1.807, 2.05) is 6.07 Å². The number of nitrogens with two attached hydrogens (primary N) is 2. The van der Waals surface area contributed by atoms with Crippen molar-refractivity contribution < 1.29 is 4.79 Å². The molecule has 0 bridgehead atoms. The molecule has 0 heterocycles. The second-order valence-electron chi connectivity index (χ2n) is 2.27. The van der Waals surface area contributed by atoms with Crippen LogP contribution in [0.5, 0.6) is 0 Å². The van der Waals surface area contributed by atoms with Crippen molar-refractivity contribution >= 4 is 5.91 Å². The first-order chi connectivity index (χ1) is 5.24. The maximum atomic E-state index is 10.7. The third kappa shape index (κ3) is 1.78. The highest BCUT2D eigenvalue weighted by Gasteiger charge is 1.98. The lowest BCUT2D eigenvalue weighted by Gasteiger charge is -1.97. The molecule has 1 rings (SSSR count). The Labute approximate surface area is 65.0 Å². The first-order valence-electron chi connectivity index (χ1n) is 3.33. The van der Waals surface area contributed by atoms with Gasteiger partial charge in [0.1, 0.15) is 0 Å². The zero-order valence-corrected chi connectivity index (χ0v) is 6.08. The van der Waals surface area contributed by atoms with Gasteiger partial charge in [-0.15, -0.1) is 0 Å². The zero-order valence-electron chi connectivity index (χ0n) is 6.08. The van der Waals surface area contributed by atoms with Gasteiger partial charge in [0.2, 0.25) is 5.91 Å². The predicted molar refractivity (Wildman–Crippen MR) is 42.9 cm³/mol. The van der Waals surface area contributed by atoms with Crippen molar-refractivity contribution in [3.63, 3.8) is 0 Å². The number of primary amides is 1. The second-order valence-corrected chi connectivity index (χ2v) is 2.27. The van der Waals surface area contributed by atoms with E-state index in [2.05, 4.69) is 0 Å². The third-order valence-electron chi connectivity index (χ3n) is 1.45. The van der Waals surface area contributed by atoms with Gasteiger partial charge in [0, 0.05) is 12.1 Å². The summed E-state index contributed by atoms with van der Waals surface area (Å²) >= 11 is 0. The van der Waals surface area contributed by atoms with E-state index in [1.165, 1.54) is 0 Å². The minimum Gasteiger partial charge on any atom is -0.366 e. The fraction of sp³-hybridized carbons (Fsp3) is 0.125. The van der Waals surface area contributed by atoms with Crippen molar-refractivity contribution in [1.29, 1.82) is 0 Å². The molecule has 0 spiro atoms. The molecule has 0 atom stereocenters. The van der Waals surface area contributed by atoms with Gasteiger partial charge in [-0.2, -0.15) is 0 Å². The monoisotopic (exact) mass is 150 g/mol. The van der Waals surface area contributed by atoms with Crippen molar-refractivity contribution in [3.8, 4) is 0 Å². The van der Waals surface area contributed by atoms with Gasteiger partial charge in [0.05, 0.1) is 0 Å². The van der Waals surface area contributed by atoms with Crippen LogP contribution in [0.1, 0.15) is 15.9 Å². The minimum absolute atomic E-state index is 0.416. The third-order valence-corrected chi connectivity index (χ3v) is 1.45. The molecule has 11 heavy (non-hydrogen) atoms. The van der Waals surface area contributed by atoms with E-state index >= 15 is 0 Å². The van der Waals surface area contributed by atoms with Crippen LogP contribution in [0.2, 0.25) is 0 Å². The van der Waals surface area contributed by atoms with Crippen molar-refractivity contribution in [2.24, 2.45) is 11.5 Å². The lowest BCUT2D eigenvalue weighted by atomic mass is 10.1. The van der Waals surface area contributed by atoms with E-state index < -0.39 is 5.91 Å². The molecule has 0 saturated heterocycles. The first kappa shape index (κ1) is 7.75. The van der Waals surface area contributed by atoms with E-state index in [9.17, 15) is 4.79 Å². The van der Waals surface area contributed by atoms with Gasteiger partial charge in [-0.3, -0.25) is 4.79 Å². The highest BCUT2D eigenvalue weighted by atomic mass is 16.1. The summed E-state index contributed by atoms with van der Waals surface area (Å²) in [6, 6.07) is 6.98. The van der Waals surface area contributed by atoms with Gasteiger partial charge in [-0.1, -0.05) is 12.1 Å². The lowest BCUT2D eigenvalue weighted by molar-refractivity contribution is 0.1000. The summed E-state index contributed by atoms with van der Waals surface area (Å²) in [6.07, 6.45) is 0. The first-order valence-corrected chi connectivity index (χ1v) is 3.33. The number of rotatable bonds is 2. The van der Waals surface area contributed by atoms with Crippen LogP contribution in [-0.2, 0) is 6.54 Å². The Morgan fingerprint density at radius 2 is 2.18 bits per heavy atom. The molecular formula is C8H10N2O. The summed E-state index contributed by atoms with van der Waals surface area (Å²) in [5.41, 5.74) is 11.8. The number of hydrogen-bond acceptors (Lipinski definition) is 2. The van der Waals surface area contributed by atoms with E-state index in [4.69, 9.17) is 11.5 Å². The molecule has 4 N–H and O–H groups in total. The van der Waals surface area contributed by atoms with Gasteiger partial charge in [-0.05, 0) is 17.7 Å². The molecule has 0 radical (unpaired) electrons. The highest BCUT2D eigenvalue weighted by Crippen LogP contribution is 2.02. The Morgan fingerprint density at radius 3 is 2.73 bits per heavy atom. The zero-order chi connectivity index (χ0) is 8.27. The molecule has 0 unspecified atom stereocenters. The standard InChI is InChI=1S/C8H10N2O/c9-5-6-2-1-3-7(4-6)8(10)11/h1-4H,5,9H2,(H2,10,11). The average Bonchev–Trinajstić information content (AvgIpc) is 2.05. The Balaban J connectivity index is 3.01. The highest BCUT2D eigenvalue weighted by molar-refractivity contribution is 5.92. The van der Waals surface area contributed by atoms with Crippen molar-refractivity contribution in [3.05, 3.63) is 35.4 Å². The quantitative estimate of drug-likeness (QED) is 0.634. The van der Waals surface area contributed by atoms with E-state index in [0.29, 0.717) is 12.1 Å². The van der Waals surface area contributed by atoms with Crippen LogP contribution in [0, 0.1) is 0 Å². The molecule has 0 saturated carbocycles. The van der Waals surface area contributed by atoms with Crippen LogP contribution in [0.3, 0.4) is 0 Å². The van der Waals surface area contributed by atoms with Crippen molar-refractivity contribution in [1.82, 2.24) is 0 Å². The summed E-state index contributed by atoms with van der Waals surface area (Å²) in [4.78, 5) is 10.7. The molecule has 3 heteroatoms. The maximum absolute atomic E-state index is 10.7. The molecule has 1 amide bonds. The summed E-state index contributed by atoms with van der Waals surface area (Å²) in [7, 11) is 0. The van der Waals surface area contributed by atoms with Crippen LogP contribution >= 0.6 is 0 Å². The lowest BCUT2D eigenvalue weighted by Crippen LogP contribution is -2.11. The predicted octanol–water partition coefficient (Wildman–Crippen LogP) is 0.244. The fourth-order valence-corrected chi connectivity index (χ4v) is 0.852. The van der Waals surface area contributed by atoms with E-state index in [-0.39, 0.29) is 0 Å². The largest absolute Gasteiger partial charge is 0.366 e. The minimum atomic E-state index is -0.416. The van der Waals surface area contributed by atoms with Gasteiger partial charge in [0.25, 0.3) is 0 Å². The smallest absolute Gasteiger partial charge is 0.248 e. The molecule has 0 fully saturated rings. The normalized spacial score (nSPS) is 9.55. The number of hydrogen-bond donors (Lipinski definition) is 2. The number of carbonyl (C=O) groups is 1. The molecule has 0 aliphatic rings.